The molecule has 0 saturated heterocycles. The van der Waals surface area contributed by atoms with Crippen molar-refractivity contribution in [1.82, 2.24) is 0 Å². The van der Waals surface area contributed by atoms with E-state index in [1.165, 1.54) is 0 Å². The maximum absolute atomic E-state index is 12.4. The van der Waals surface area contributed by atoms with Gasteiger partial charge in [0.25, 0.3) is 0 Å². The van der Waals surface area contributed by atoms with Gasteiger partial charge in [0, 0.05) is 10.6 Å². The first-order valence-electron chi connectivity index (χ1n) is 5.97. The fraction of sp³-hybridized carbons (Fsp3) is 0.200. The number of nitrogens with two attached hydrogens (primary N) is 1. The fourth-order valence-electron chi connectivity index (χ4n) is 1.85. The van der Waals surface area contributed by atoms with E-state index in [1.54, 1.807) is 13.2 Å². The van der Waals surface area contributed by atoms with Crippen LogP contribution in [0.3, 0.4) is 0 Å². The highest BCUT2D eigenvalue weighted by Crippen LogP contribution is 2.21. The summed E-state index contributed by atoms with van der Waals surface area (Å²) >= 11 is 0. The van der Waals surface area contributed by atoms with Crippen molar-refractivity contribution in [3.8, 4) is 5.75 Å². The summed E-state index contributed by atoms with van der Waals surface area (Å²) in [6, 6.07) is 13.1. The number of rotatable bonds is 4. The number of ether oxygens (including phenoxy) is 1. The molecule has 4 heteroatoms. The van der Waals surface area contributed by atoms with Crippen LogP contribution >= 0.6 is 0 Å². The van der Waals surface area contributed by atoms with Crippen molar-refractivity contribution >= 4 is 16.5 Å². The molecule has 0 spiro atoms. The third-order valence-corrected chi connectivity index (χ3v) is 4.42. The molecule has 0 aliphatic heterocycles. The van der Waals surface area contributed by atoms with Gasteiger partial charge in [0.2, 0.25) is 0 Å². The highest BCUT2D eigenvalue weighted by Gasteiger charge is 2.09. The predicted molar refractivity (Wildman–Crippen MR) is 78.7 cm³/mol. The third-order valence-electron chi connectivity index (χ3n) is 2.89. The minimum atomic E-state index is -1.10. The second-order valence-electron chi connectivity index (χ2n) is 4.37. The van der Waals surface area contributed by atoms with Crippen LogP contribution in [0, 0.1) is 6.92 Å². The molecule has 0 aromatic heterocycles. The van der Waals surface area contributed by atoms with Crippen LogP contribution in [-0.4, -0.2) is 11.3 Å². The molecule has 100 valence electrons. The smallest absolute Gasteiger partial charge is 0.119 e. The lowest BCUT2D eigenvalue weighted by atomic mass is 10.2. The van der Waals surface area contributed by atoms with Crippen molar-refractivity contribution in [2.24, 2.45) is 0 Å². The van der Waals surface area contributed by atoms with E-state index in [9.17, 15) is 4.21 Å². The summed E-state index contributed by atoms with van der Waals surface area (Å²) in [5.74, 6) is 1.24. The standard InChI is InChI=1S/C15H17NO2S/c1-11-6-7-13(16)9-15(11)19(17)10-12-4-3-5-14(8-12)18-2/h3-9H,10,16H2,1-2H3. The van der Waals surface area contributed by atoms with Crippen LogP contribution in [0.5, 0.6) is 5.75 Å². The lowest BCUT2D eigenvalue weighted by molar-refractivity contribution is 0.414. The number of benzene rings is 2. The van der Waals surface area contributed by atoms with E-state index >= 15 is 0 Å². The molecule has 1 atom stereocenters. The Balaban J connectivity index is 2.23. The number of aryl methyl sites for hydroxylation is 1. The summed E-state index contributed by atoms with van der Waals surface area (Å²) in [7, 11) is 0.521. The Morgan fingerprint density at radius 2 is 2.00 bits per heavy atom. The van der Waals surface area contributed by atoms with Gasteiger partial charge in [-0.3, -0.25) is 4.21 Å². The van der Waals surface area contributed by atoms with E-state index in [0.717, 1.165) is 21.8 Å². The normalized spacial score (nSPS) is 12.1. The van der Waals surface area contributed by atoms with Gasteiger partial charge in [-0.05, 0) is 42.3 Å². The quantitative estimate of drug-likeness (QED) is 0.873. The molecule has 19 heavy (non-hydrogen) atoms. The van der Waals surface area contributed by atoms with Crippen molar-refractivity contribution in [2.45, 2.75) is 17.6 Å². The Kier molecular flexibility index (Phi) is 4.22. The second-order valence-corrected chi connectivity index (χ2v) is 5.79. The Morgan fingerprint density at radius 3 is 2.74 bits per heavy atom. The topological polar surface area (TPSA) is 52.3 Å². The monoisotopic (exact) mass is 275 g/mol. The third kappa shape index (κ3) is 3.35. The van der Waals surface area contributed by atoms with Crippen molar-refractivity contribution in [1.29, 1.82) is 0 Å². The molecular formula is C15H17NO2S. The van der Waals surface area contributed by atoms with Crippen molar-refractivity contribution in [3.05, 3.63) is 53.6 Å². The van der Waals surface area contributed by atoms with Crippen molar-refractivity contribution in [3.63, 3.8) is 0 Å². The first-order chi connectivity index (χ1) is 9.10. The molecule has 2 N–H and O–H groups in total. The lowest BCUT2D eigenvalue weighted by Crippen LogP contribution is -2.00. The zero-order valence-corrected chi connectivity index (χ0v) is 11.9. The Morgan fingerprint density at radius 1 is 1.21 bits per heavy atom. The van der Waals surface area contributed by atoms with Crippen LogP contribution in [0.1, 0.15) is 11.1 Å². The van der Waals surface area contributed by atoms with E-state index in [0.29, 0.717) is 11.4 Å². The molecule has 2 aromatic rings. The van der Waals surface area contributed by atoms with Crippen LogP contribution in [0.15, 0.2) is 47.4 Å². The Hall–Kier alpha value is -1.81. The molecule has 0 saturated carbocycles. The van der Waals surface area contributed by atoms with Crippen LogP contribution in [0.25, 0.3) is 0 Å². The SMILES string of the molecule is COc1cccc(CS(=O)c2cc(N)ccc2C)c1. The van der Waals surface area contributed by atoms with Crippen LogP contribution in [0.2, 0.25) is 0 Å². The lowest BCUT2D eigenvalue weighted by Gasteiger charge is -2.08. The molecular weight excluding hydrogens is 258 g/mol. The van der Waals surface area contributed by atoms with Gasteiger partial charge in [-0.25, -0.2) is 0 Å². The van der Waals surface area contributed by atoms with Gasteiger partial charge < -0.3 is 10.5 Å². The van der Waals surface area contributed by atoms with E-state index in [4.69, 9.17) is 10.5 Å². The molecule has 2 rings (SSSR count). The molecule has 0 heterocycles. The average molecular weight is 275 g/mol. The number of nitrogen functional groups attached to an aromatic ring is 1. The minimum absolute atomic E-state index is 0.460. The van der Waals surface area contributed by atoms with Crippen LogP contribution < -0.4 is 10.5 Å². The zero-order valence-electron chi connectivity index (χ0n) is 11.1. The number of hydrogen-bond acceptors (Lipinski definition) is 3. The van der Waals surface area contributed by atoms with Gasteiger partial charge in [-0.15, -0.1) is 0 Å². The van der Waals surface area contributed by atoms with Gasteiger partial charge >= 0.3 is 0 Å². The molecule has 0 aliphatic rings. The Bertz CT molecular complexity index is 611. The largest absolute Gasteiger partial charge is 0.497 e. The Labute approximate surface area is 115 Å². The van der Waals surface area contributed by atoms with E-state index in [2.05, 4.69) is 0 Å². The first-order valence-corrected chi connectivity index (χ1v) is 7.29. The van der Waals surface area contributed by atoms with Gasteiger partial charge in [0.05, 0.1) is 23.7 Å². The summed E-state index contributed by atoms with van der Waals surface area (Å²) < 4.78 is 17.6. The van der Waals surface area contributed by atoms with Crippen molar-refractivity contribution < 1.29 is 8.95 Å². The minimum Gasteiger partial charge on any atom is -0.497 e. The average Bonchev–Trinajstić information content (AvgIpc) is 2.41. The molecule has 0 aliphatic carbocycles. The molecule has 0 radical (unpaired) electrons. The summed E-state index contributed by atoms with van der Waals surface area (Å²) in [5, 5.41) is 0. The molecule has 0 fully saturated rings. The van der Waals surface area contributed by atoms with Crippen molar-refractivity contribution in [2.75, 3.05) is 12.8 Å². The van der Waals surface area contributed by atoms with Crippen LogP contribution in [0.4, 0.5) is 5.69 Å². The first kappa shape index (κ1) is 13.6. The highest BCUT2D eigenvalue weighted by atomic mass is 32.2. The summed E-state index contributed by atoms with van der Waals surface area (Å²) in [5.41, 5.74) is 8.37. The van der Waals surface area contributed by atoms with Gasteiger partial charge in [0.1, 0.15) is 5.75 Å². The zero-order chi connectivity index (χ0) is 13.8. The molecule has 3 nitrogen and oxygen atoms in total. The number of methoxy groups -OCH3 is 1. The van der Waals surface area contributed by atoms with Gasteiger partial charge in [-0.1, -0.05) is 18.2 Å². The maximum Gasteiger partial charge on any atom is 0.119 e. The maximum atomic E-state index is 12.4. The van der Waals surface area contributed by atoms with Gasteiger partial charge in [-0.2, -0.15) is 0 Å². The van der Waals surface area contributed by atoms with E-state index in [1.807, 2.05) is 43.3 Å². The predicted octanol–water partition coefficient (Wildman–Crippen LogP) is 2.89. The van der Waals surface area contributed by atoms with E-state index < -0.39 is 10.8 Å². The van der Waals surface area contributed by atoms with Gasteiger partial charge in [0.15, 0.2) is 0 Å². The molecule has 0 bridgehead atoms. The van der Waals surface area contributed by atoms with Crippen LogP contribution in [-0.2, 0) is 16.6 Å². The summed E-state index contributed by atoms with van der Waals surface area (Å²) in [6.07, 6.45) is 0. The second kappa shape index (κ2) is 5.89. The number of hydrogen-bond donors (Lipinski definition) is 1. The summed E-state index contributed by atoms with van der Waals surface area (Å²) in [4.78, 5) is 0.794. The molecule has 2 aromatic carbocycles. The summed E-state index contributed by atoms with van der Waals surface area (Å²) in [6.45, 7) is 1.94. The molecule has 0 amide bonds. The fourth-order valence-corrected chi connectivity index (χ4v) is 3.19. The number of anilines is 1. The highest BCUT2D eigenvalue weighted by molar-refractivity contribution is 7.84. The molecule has 1 unspecified atom stereocenters. The van der Waals surface area contributed by atoms with E-state index in [-0.39, 0.29) is 0 Å².